The minimum atomic E-state index is -3.40. The molecule has 4 nitrogen and oxygen atoms in total. The fourth-order valence-corrected chi connectivity index (χ4v) is 4.75. The average molecular weight is 449 g/mol. The lowest BCUT2D eigenvalue weighted by atomic mass is 10.1. The monoisotopic (exact) mass is 448 g/mol. The first-order valence-electron chi connectivity index (χ1n) is 13.2. The van der Waals surface area contributed by atoms with Crippen molar-refractivity contribution in [2.45, 2.75) is 143 Å². The van der Waals surface area contributed by atoms with Gasteiger partial charge in [-0.25, -0.2) is 4.57 Å². The summed E-state index contributed by atoms with van der Waals surface area (Å²) in [5, 5.41) is 0. The van der Waals surface area contributed by atoms with E-state index in [1.165, 1.54) is 83.5 Å². The Morgan fingerprint density at radius 2 is 0.633 bits per heavy atom. The Balaban J connectivity index is 3.98. The number of hydrogen-bond donors (Lipinski definition) is 0. The molecule has 30 heavy (non-hydrogen) atoms. The van der Waals surface area contributed by atoms with Crippen LogP contribution in [0.3, 0.4) is 0 Å². The maximum Gasteiger partial charge on any atom is 0.474 e. The summed E-state index contributed by atoms with van der Waals surface area (Å²) in [7, 11) is -3.40. The van der Waals surface area contributed by atoms with Crippen molar-refractivity contribution in [3.63, 3.8) is 0 Å². The van der Waals surface area contributed by atoms with E-state index >= 15 is 0 Å². The summed E-state index contributed by atoms with van der Waals surface area (Å²) in [4.78, 5) is 0. The molecule has 0 aliphatic carbocycles. The molecule has 0 unspecified atom stereocenters. The van der Waals surface area contributed by atoms with E-state index in [0.717, 1.165) is 38.5 Å². The number of hydrogen-bond acceptors (Lipinski definition) is 4. The van der Waals surface area contributed by atoms with Crippen molar-refractivity contribution in [1.29, 1.82) is 0 Å². The molecule has 0 atom stereocenters. The lowest BCUT2D eigenvalue weighted by Gasteiger charge is -2.18. The third-order valence-corrected chi connectivity index (χ3v) is 6.99. The van der Waals surface area contributed by atoms with Crippen molar-refractivity contribution in [2.75, 3.05) is 19.8 Å². The molecule has 0 fully saturated rings. The molecule has 0 saturated carbocycles. The lowest BCUT2D eigenvalue weighted by Crippen LogP contribution is -2.04. The van der Waals surface area contributed by atoms with Gasteiger partial charge in [-0.15, -0.1) is 0 Å². The van der Waals surface area contributed by atoms with Gasteiger partial charge in [0.15, 0.2) is 0 Å². The summed E-state index contributed by atoms with van der Waals surface area (Å²) in [6.45, 7) is 8.08. The molecule has 0 rings (SSSR count). The van der Waals surface area contributed by atoms with E-state index in [-0.39, 0.29) is 0 Å². The first kappa shape index (κ1) is 30.1. The van der Waals surface area contributed by atoms with Crippen molar-refractivity contribution in [1.82, 2.24) is 0 Å². The van der Waals surface area contributed by atoms with E-state index in [1.807, 2.05) is 0 Å². The van der Waals surface area contributed by atoms with Gasteiger partial charge in [0.1, 0.15) is 0 Å². The molecule has 0 amide bonds. The summed E-state index contributed by atoms with van der Waals surface area (Å²) >= 11 is 0. The van der Waals surface area contributed by atoms with E-state index in [1.54, 1.807) is 0 Å². The summed E-state index contributed by atoms with van der Waals surface area (Å²) in [5.41, 5.74) is 0. The lowest BCUT2D eigenvalue weighted by molar-refractivity contribution is 0.108. The zero-order valence-electron chi connectivity index (χ0n) is 20.6. The Kier molecular flexibility index (Phi) is 23.9. The third kappa shape index (κ3) is 21.3. The third-order valence-electron chi connectivity index (χ3n) is 5.49. The zero-order valence-corrected chi connectivity index (χ0v) is 21.5. The van der Waals surface area contributed by atoms with Crippen LogP contribution < -0.4 is 0 Å². The largest absolute Gasteiger partial charge is 0.474 e. The molecule has 182 valence electrons. The van der Waals surface area contributed by atoms with E-state index in [2.05, 4.69) is 20.8 Å². The molecule has 5 heteroatoms. The summed E-state index contributed by atoms with van der Waals surface area (Å²) in [6.07, 6.45) is 22.8. The highest BCUT2D eigenvalue weighted by molar-refractivity contribution is 7.48. The Labute approximate surface area is 188 Å². The predicted molar refractivity (Wildman–Crippen MR) is 130 cm³/mol. The first-order chi connectivity index (χ1) is 14.7. The van der Waals surface area contributed by atoms with E-state index in [0.29, 0.717) is 19.8 Å². The number of phosphoric ester groups is 1. The van der Waals surface area contributed by atoms with Crippen LogP contribution in [0.15, 0.2) is 0 Å². The summed E-state index contributed by atoms with van der Waals surface area (Å²) in [5.74, 6) is 0. The highest BCUT2D eigenvalue weighted by atomic mass is 31.2. The van der Waals surface area contributed by atoms with Gasteiger partial charge in [0.25, 0.3) is 0 Å². The highest BCUT2D eigenvalue weighted by Gasteiger charge is 2.26. The first-order valence-corrected chi connectivity index (χ1v) is 14.7. The molecule has 0 aromatic heterocycles. The second kappa shape index (κ2) is 23.8. The van der Waals surface area contributed by atoms with Crippen molar-refractivity contribution in [2.24, 2.45) is 0 Å². The summed E-state index contributed by atoms with van der Waals surface area (Å²) in [6, 6.07) is 0. The smallest absolute Gasteiger partial charge is 0.287 e. The Hall–Kier alpha value is 0.110. The fraction of sp³-hybridized carbons (Fsp3) is 1.00. The molecular formula is C25H53O4P. The van der Waals surface area contributed by atoms with Crippen LogP contribution in [0.2, 0.25) is 0 Å². The topological polar surface area (TPSA) is 44.8 Å². The molecule has 0 saturated heterocycles. The minimum Gasteiger partial charge on any atom is -0.287 e. The second-order valence-corrected chi connectivity index (χ2v) is 10.3. The Morgan fingerprint density at radius 1 is 0.400 bits per heavy atom. The van der Waals surface area contributed by atoms with Crippen LogP contribution in [0, 0.1) is 0 Å². The van der Waals surface area contributed by atoms with E-state index in [9.17, 15) is 4.57 Å². The maximum atomic E-state index is 13.0. The van der Waals surface area contributed by atoms with Gasteiger partial charge in [0.2, 0.25) is 0 Å². The van der Waals surface area contributed by atoms with E-state index in [4.69, 9.17) is 13.6 Å². The van der Waals surface area contributed by atoms with Gasteiger partial charge in [0.05, 0.1) is 19.8 Å². The molecule has 0 spiro atoms. The number of rotatable bonds is 25. The van der Waals surface area contributed by atoms with Gasteiger partial charge in [-0.2, -0.15) is 0 Å². The quantitative estimate of drug-likeness (QED) is 0.103. The van der Waals surface area contributed by atoms with Gasteiger partial charge in [-0.1, -0.05) is 124 Å². The van der Waals surface area contributed by atoms with Crippen molar-refractivity contribution in [3.05, 3.63) is 0 Å². The van der Waals surface area contributed by atoms with Crippen LogP contribution in [0.25, 0.3) is 0 Å². The van der Waals surface area contributed by atoms with Crippen LogP contribution in [0.1, 0.15) is 143 Å². The number of unbranched alkanes of at least 4 members (excludes halogenated alkanes) is 16. The molecule has 0 heterocycles. The zero-order chi connectivity index (χ0) is 22.2. The van der Waals surface area contributed by atoms with Crippen molar-refractivity contribution >= 4 is 7.82 Å². The standard InChI is InChI=1S/C25H53O4P/c1-4-7-10-13-14-15-16-19-22-25-29-30(26,27-23-20-17-11-8-5-2)28-24-21-18-12-9-6-3/h4-25H2,1-3H3. The highest BCUT2D eigenvalue weighted by Crippen LogP contribution is 2.50. The van der Waals surface area contributed by atoms with Gasteiger partial charge in [-0.05, 0) is 19.3 Å². The van der Waals surface area contributed by atoms with Crippen LogP contribution in [-0.2, 0) is 18.1 Å². The summed E-state index contributed by atoms with van der Waals surface area (Å²) < 4.78 is 29.9. The van der Waals surface area contributed by atoms with Crippen LogP contribution in [-0.4, -0.2) is 19.8 Å². The molecule has 0 aliphatic rings. The van der Waals surface area contributed by atoms with Gasteiger partial charge in [0, 0.05) is 0 Å². The molecule has 0 N–H and O–H groups in total. The minimum absolute atomic E-state index is 0.467. The molecule has 0 radical (unpaired) electrons. The van der Waals surface area contributed by atoms with Crippen molar-refractivity contribution in [3.8, 4) is 0 Å². The second-order valence-electron chi connectivity index (χ2n) is 8.60. The molecule has 0 aromatic carbocycles. The fourth-order valence-electron chi connectivity index (χ4n) is 3.46. The molecule has 0 aromatic rings. The van der Waals surface area contributed by atoms with Crippen molar-refractivity contribution < 1.29 is 18.1 Å². The van der Waals surface area contributed by atoms with Crippen LogP contribution in [0.4, 0.5) is 0 Å². The van der Waals surface area contributed by atoms with Crippen LogP contribution in [0.5, 0.6) is 0 Å². The number of phosphoric acid groups is 1. The average Bonchev–Trinajstić information content (AvgIpc) is 2.74. The van der Waals surface area contributed by atoms with Gasteiger partial charge < -0.3 is 0 Å². The van der Waals surface area contributed by atoms with Crippen LogP contribution >= 0.6 is 7.82 Å². The Morgan fingerprint density at radius 3 is 0.900 bits per heavy atom. The van der Waals surface area contributed by atoms with Gasteiger partial charge in [-0.3, -0.25) is 13.6 Å². The molecular weight excluding hydrogens is 395 g/mol. The van der Waals surface area contributed by atoms with E-state index < -0.39 is 7.82 Å². The normalized spacial score (nSPS) is 12.0. The predicted octanol–water partition coefficient (Wildman–Crippen LogP) is 9.62. The van der Waals surface area contributed by atoms with Gasteiger partial charge >= 0.3 is 7.82 Å². The molecule has 0 bridgehead atoms. The maximum absolute atomic E-state index is 13.0. The Bertz CT molecular complexity index is 356. The molecule has 0 aliphatic heterocycles. The SMILES string of the molecule is CCCCCCCCCCCOP(=O)(OCCCCCCC)OCCCCCCC.